The number of aromatic nitrogens is 3. The van der Waals surface area contributed by atoms with E-state index in [1.54, 1.807) is 6.20 Å². The highest BCUT2D eigenvalue weighted by Crippen LogP contribution is 2.29. The Labute approximate surface area is 118 Å². The highest BCUT2D eigenvalue weighted by molar-refractivity contribution is 5.70. The van der Waals surface area contributed by atoms with Crippen LogP contribution in [0.4, 0.5) is 0 Å². The summed E-state index contributed by atoms with van der Waals surface area (Å²) in [5.41, 5.74) is 1.89. The minimum Gasteiger partial charge on any atom is -0.381 e. The van der Waals surface area contributed by atoms with Crippen molar-refractivity contribution in [3.8, 4) is 0 Å². The number of aromatic amines is 1. The maximum absolute atomic E-state index is 5.46. The Balaban J connectivity index is 1.49. The Morgan fingerprint density at radius 1 is 1.25 bits per heavy atom. The van der Waals surface area contributed by atoms with Gasteiger partial charge in [-0.25, -0.2) is 9.97 Å². The fraction of sp³-hybridized carbons (Fsp3) is 0.600. The molecule has 2 aliphatic rings. The third kappa shape index (κ3) is 2.21. The molecule has 4 rings (SSSR count). The van der Waals surface area contributed by atoms with E-state index in [1.165, 1.54) is 25.8 Å². The van der Waals surface area contributed by atoms with Gasteiger partial charge in [-0.05, 0) is 37.9 Å². The second-order valence-corrected chi connectivity index (χ2v) is 5.82. The van der Waals surface area contributed by atoms with Crippen molar-refractivity contribution in [3.05, 3.63) is 24.2 Å². The molecule has 2 fully saturated rings. The van der Waals surface area contributed by atoms with E-state index < -0.39 is 0 Å². The fourth-order valence-corrected chi connectivity index (χ4v) is 3.45. The zero-order valence-electron chi connectivity index (χ0n) is 11.6. The molecule has 2 saturated heterocycles. The zero-order chi connectivity index (χ0) is 13.4. The number of ether oxygens (including phenoxy) is 1. The summed E-state index contributed by atoms with van der Waals surface area (Å²) in [5.74, 6) is 1.63. The Bertz CT molecular complexity index is 557. The van der Waals surface area contributed by atoms with E-state index in [4.69, 9.17) is 4.74 Å². The lowest BCUT2D eigenvalue weighted by Gasteiger charge is -2.30. The molecule has 20 heavy (non-hydrogen) atoms. The lowest BCUT2D eigenvalue weighted by molar-refractivity contribution is 0.0419. The third-order valence-electron chi connectivity index (χ3n) is 4.59. The van der Waals surface area contributed by atoms with Crippen molar-refractivity contribution in [3.63, 3.8) is 0 Å². The molecule has 0 bridgehead atoms. The fourth-order valence-electron chi connectivity index (χ4n) is 3.45. The largest absolute Gasteiger partial charge is 0.381 e. The Hall–Kier alpha value is -1.46. The lowest BCUT2D eigenvalue weighted by Crippen LogP contribution is -2.37. The molecule has 106 valence electrons. The first kappa shape index (κ1) is 12.3. The maximum Gasteiger partial charge on any atom is 0.177 e. The van der Waals surface area contributed by atoms with Gasteiger partial charge >= 0.3 is 0 Å². The Kier molecular flexibility index (Phi) is 3.16. The van der Waals surface area contributed by atoms with E-state index in [-0.39, 0.29) is 0 Å². The van der Waals surface area contributed by atoms with Crippen LogP contribution in [0.2, 0.25) is 0 Å². The van der Waals surface area contributed by atoms with Crippen LogP contribution >= 0.6 is 0 Å². The number of hydrogen-bond acceptors (Lipinski definition) is 4. The van der Waals surface area contributed by atoms with Crippen LogP contribution in [0.25, 0.3) is 11.2 Å². The van der Waals surface area contributed by atoms with Gasteiger partial charge in [-0.15, -0.1) is 0 Å². The lowest BCUT2D eigenvalue weighted by atomic mass is 10.1. The third-order valence-corrected chi connectivity index (χ3v) is 4.59. The molecule has 5 nitrogen and oxygen atoms in total. The number of imidazole rings is 1. The van der Waals surface area contributed by atoms with Crippen molar-refractivity contribution in [1.82, 2.24) is 19.9 Å². The van der Waals surface area contributed by atoms with Gasteiger partial charge in [-0.3, -0.25) is 4.90 Å². The van der Waals surface area contributed by atoms with Gasteiger partial charge in [0.05, 0.1) is 5.52 Å². The summed E-state index contributed by atoms with van der Waals surface area (Å²) in [6.07, 6.45) is 5.34. The second-order valence-electron chi connectivity index (χ2n) is 5.82. The molecule has 1 atom stereocenters. The van der Waals surface area contributed by atoms with Gasteiger partial charge < -0.3 is 9.72 Å². The molecule has 5 heteroatoms. The summed E-state index contributed by atoms with van der Waals surface area (Å²) < 4.78 is 5.46. The molecule has 0 aromatic carbocycles. The normalized spacial score (nSPS) is 25.5. The number of pyridine rings is 1. The molecule has 0 saturated carbocycles. The molecule has 0 unspecified atom stereocenters. The van der Waals surface area contributed by atoms with Crippen molar-refractivity contribution in [1.29, 1.82) is 0 Å². The first-order chi connectivity index (χ1) is 9.90. The van der Waals surface area contributed by atoms with E-state index in [0.29, 0.717) is 12.0 Å². The summed E-state index contributed by atoms with van der Waals surface area (Å²) in [5, 5.41) is 0. The van der Waals surface area contributed by atoms with E-state index in [9.17, 15) is 0 Å². The van der Waals surface area contributed by atoms with Crippen LogP contribution in [0.5, 0.6) is 0 Å². The summed E-state index contributed by atoms with van der Waals surface area (Å²) >= 11 is 0. The topological polar surface area (TPSA) is 54.0 Å². The Morgan fingerprint density at radius 3 is 3.00 bits per heavy atom. The number of fused-ring (bicyclic) bond motifs is 1. The molecule has 1 N–H and O–H groups in total. The van der Waals surface area contributed by atoms with Gasteiger partial charge in [0.25, 0.3) is 0 Å². The molecule has 0 radical (unpaired) electrons. The molecule has 0 amide bonds. The number of H-pyrrole nitrogens is 1. The minimum atomic E-state index is 0.520. The highest BCUT2D eigenvalue weighted by atomic mass is 16.5. The zero-order valence-corrected chi connectivity index (χ0v) is 11.6. The van der Waals surface area contributed by atoms with Gasteiger partial charge in [0.15, 0.2) is 5.65 Å². The molecule has 0 aliphatic carbocycles. The van der Waals surface area contributed by atoms with Gasteiger partial charge in [0, 0.05) is 37.9 Å². The average Bonchev–Trinajstić information content (AvgIpc) is 3.14. The van der Waals surface area contributed by atoms with Crippen LogP contribution in [0.15, 0.2) is 18.3 Å². The van der Waals surface area contributed by atoms with Crippen LogP contribution in [0.1, 0.15) is 31.0 Å². The summed E-state index contributed by atoms with van der Waals surface area (Å²) in [7, 11) is 0. The quantitative estimate of drug-likeness (QED) is 0.907. The first-order valence-electron chi connectivity index (χ1n) is 7.52. The van der Waals surface area contributed by atoms with Gasteiger partial charge in [0.2, 0.25) is 0 Å². The molecule has 2 aliphatic heterocycles. The Morgan fingerprint density at radius 2 is 2.15 bits per heavy atom. The SMILES string of the molecule is c1cnc2nc([C@H]3CCN(C4CCOCC4)C3)[nH]c2c1. The summed E-state index contributed by atoms with van der Waals surface area (Å²) in [4.78, 5) is 15.0. The molecule has 0 spiro atoms. The minimum absolute atomic E-state index is 0.520. The smallest absolute Gasteiger partial charge is 0.177 e. The molecule has 4 heterocycles. The number of nitrogens with one attached hydrogen (secondary N) is 1. The summed E-state index contributed by atoms with van der Waals surface area (Å²) in [6, 6.07) is 4.70. The van der Waals surface area contributed by atoms with E-state index in [2.05, 4.69) is 19.9 Å². The molecule has 2 aromatic heterocycles. The van der Waals surface area contributed by atoms with Crippen molar-refractivity contribution >= 4 is 11.2 Å². The molecular formula is C15H20N4O. The average molecular weight is 272 g/mol. The summed E-state index contributed by atoms with van der Waals surface area (Å²) in [6.45, 7) is 4.13. The van der Waals surface area contributed by atoms with E-state index in [1.807, 2.05) is 12.1 Å². The predicted molar refractivity (Wildman–Crippen MR) is 76.7 cm³/mol. The highest BCUT2D eigenvalue weighted by Gasteiger charge is 2.31. The van der Waals surface area contributed by atoms with Gasteiger partial charge in [-0.2, -0.15) is 0 Å². The number of likely N-dealkylation sites (tertiary alicyclic amines) is 1. The maximum atomic E-state index is 5.46. The molecular weight excluding hydrogens is 252 g/mol. The van der Waals surface area contributed by atoms with Crippen LogP contribution in [0, 0.1) is 0 Å². The standard InChI is InChI=1S/C15H20N4O/c1-2-13-15(16-6-1)18-14(17-13)11-3-7-19(10-11)12-4-8-20-9-5-12/h1-2,6,11-12H,3-5,7-10H2,(H,16,17,18)/t11-/m0/s1. The van der Waals surface area contributed by atoms with Gasteiger partial charge in [-0.1, -0.05) is 0 Å². The van der Waals surface area contributed by atoms with Crippen molar-refractivity contribution in [2.45, 2.75) is 31.2 Å². The van der Waals surface area contributed by atoms with Crippen molar-refractivity contribution < 1.29 is 4.74 Å². The van der Waals surface area contributed by atoms with Crippen LogP contribution in [0.3, 0.4) is 0 Å². The van der Waals surface area contributed by atoms with Crippen molar-refractivity contribution in [2.75, 3.05) is 26.3 Å². The van der Waals surface area contributed by atoms with Crippen molar-refractivity contribution in [2.24, 2.45) is 0 Å². The molecule has 2 aromatic rings. The first-order valence-corrected chi connectivity index (χ1v) is 7.52. The van der Waals surface area contributed by atoms with Crippen LogP contribution < -0.4 is 0 Å². The van der Waals surface area contributed by atoms with E-state index in [0.717, 1.165) is 36.7 Å². The number of nitrogens with zero attached hydrogens (tertiary/aromatic N) is 3. The van der Waals surface area contributed by atoms with Crippen LogP contribution in [-0.4, -0.2) is 52.2 Å². The monoisotopic (exact) mass is 272 g/mol. The number of rotatable bonds is 2. The van der Waals surface area contributed by atoms with Gasteiger partial charge in [0.1, 0.15) is 5.82 Å². The van der Waals surface area contributed by atoms with E-state index >= 15 is 0 Å². The number of hydrogen-bond donors (Lipinski definition) is 1. The predicted octanol–water partition coefficient (Wildman–Crippen LogP) is 1.93. The second kappa shape index (κ2) is 5.14. The van der Waals surface area contributed by atoms with Crippen LogP contribution in [-0.2, 0) is 4.74 Å².